The van der Waals surface area contributed by atoms with E-state index < -0.39 is 0 Å². The SMILES string of the molecule is Brc1ccc(C#Cn2nnc3ccccc32)cc1. The first-order valence-electron chi connectivity index (χ1n) is 5.41. The highest BCUT2D eigenvalue weighted by Crippen LogP contribution is 2.10. The van der Waals surface area contributed by atoms with E-state index in [1.54, 1.807) is 4.68 Å². The zero-order chi connectivity index (χ0) is 12.4. The van der Waals surface area contributed by atoms with Crippen LogP contribution in [0.5, 0.6) is 0 Å². The number of hydrogen-bond acceptors (Lipinski definition) is 2. The van der Waals surface area contributed by atoms with Gasteiger partial charge in [0.1, 0.15) is 11.0 Å². The summed E-state index contributed by atoms with van der Waals surface area (Å²) in [5.41, 5.74) is 2.71. The molecule has 0 unspecified atom stereocenters. The summed E-state index contributed by atoms with van der Waals surface area (Å²) >= 11 is 3.39. The van der Waals surface area contributed by atoms with Crippen LogP contribution in [0.3, 0.4) is 0 Å². The standard InChI is InChI=1S/C14H8BrN3/c15-12-7-5-11(6-8-12)9-10-18-14-4-2-1-3-13(14)16-17-18/h1-8H. The Morgan fingerprint density at radius 3 is 2.61 bits per heavy atom. The van der Waals surface area contributed by atoms with Gasteiger partial charge in [-0.15, -0.1) is 5.10 Å². The second kappa shape index (κ2) is 4.63. The summed E-state index contributed by atoms with van der Waals surface area (Å²) in [6.45, 7) is 0. The summed E-state index contributed by atoms with van der Waals surface area (Å²) in [4.78, 5) is 0. The van der Waals surface area contributed by atoms with E-state index in [2.05, 4.69) is 38.2 Å². The third-order valence-electron chi connectivity index (χ3n) is 2.50. The minimum Gasteiger partial charge on any atom is -0.169 e. The number of halogens is 1. The molecule has 0 N–H and O–H groups in total. The third-order valence-corrected chi connectivity index (χ3v) is 3.03. The Morgan fingerprint density at radius 2 is 1.78 bits per heavy atom. The Balaban J connectivity index is 2.00. The highest BCUT2D eigenvalue weighted by molar-refractivity contribution is 9.10. The molecular weight excluding hydrogens is 290 g/mol. The van der Waals surface area contributed by atoms with E-state index in [0.717, 1.165) is 21.1 Å². The van der Waals surface area contributed by atoms with Crippen molar-refractivity contribution in [1.82, 2.24) is 15.0 Å². The second-order valence-corrected chi connectivity index (χ2v) is 4.65. The van der Waals surface area contributed by atoms with E-state index >= 15 is 0 Å². The summed E-state index contributed by atoms with van der Waals surface area (Å²) in [5, 5.41) is 8.06. The van der Waals surface area contributed by atoms with Gasteiger partial charge in [0.05, 0.1) is 0 Å². The average Bonchev–Trinajstić information content (AvgIpc) is 2.82. The zero-order valence-electron chi connectivity index (χ0n) is 9.34. The Hall–Kier alpha value is -2.12. The van der Waals surface area contributed by atoms with Gasteiger partial charge >= 0.3 is 0 Å². The van der Waals surface area contributed by atoms with Crippen molar-refractivity contribution in [1.29, 1.82) is 0 Å². The molecule has 3 nitrogen and oxygen atoms in total. The lowest BCUT2D eigenvalue weighted by atomic mass is 10.2. The molecule has 0 fully saturated rings. The molecule has 0 saturated carbocycles. The van der Waals surface area contributed by atoms with E-state index in [1.807, 2.05) is 48.5 Å². The first-order chi connectivity index (χ1) is 8.83. The summed E-state index contributed by atoms with van der Waals surface area (Å²) in [6, 6.07) is 18.6. The van der Waals surface area contributed by atoms with Gasteiger partial charge < -0.3 is 0 Å². The number of fused-ring (bicyclic) bond motifs is 1. The van der Waals surface area contributed by atoms with Crippen LogP contribution in [-0.2, 0) is 0 Å². The molecule has 86 valence electrons. The number of hydrogen-bond donors (Lipinski definition) is 0. The lowest BCUT2D eigenvalue weighted by molar-refractivity contribution is 0.848. The van der Waals surface area contributed by atoms with Crippen LogP contribution in [0.1, 0.15) is 5.56 Å². The molecule has 3 aromatic rings. The predicted molar refractivity (Wildman–Crippen MR) is 73.9 cm³/mol. The highest BCUT2D eigenvalue weighted by Gasteiger charge is 1.99. The van der Waals surface area contributed by atoms with E-state index in [-0.39, 0.29) is 0 Å². The topological polar surface area (TPSA) is 30.7 Å². The summed E-state index contributed by atoms with van der Waals surface area (Å²) < 4.78 is 2.64. The van der Waals surface area contributed by atoms with Gasteiger partial charge in [0, 0.05) is 16.1 Å². The summed E-state index contributed by atoms with van der Waals surface area (Å²) in [6.07, 6.45) is 0. The highest BCUT2D eigenvalue weighted by atomic mass is 79.9. The number of rotatable bonds is 0. The van der Waals surface area contributed by atoms with E-state index in [9.17, 15) is 0 Å². The maximum atomic E-state index is 4.05. The van der Waals surface area contributed by atoms with Gasteiger partial charge in [0.15, 0.2) is 0 Å². The molecule has 0 spiro atoms. The Labute approximate surface area is 113 Å². The van der Waals surface area contributed by atoms with Gasteiger partial charge in [0.25, 0.3) is 0 Å². The molecule has 0 saturated heterocycles. The molecule has 0 aliphatic heterocycles. The lowest BCUT2D eigenvalue weighted by Crippen LogP contribution is -1.90. The molecule has 2 aromatic carbocycles. The number of para-hydroxylation sites is 1. The Morgan fingerprint density at radius 1 is 1.00 bits per heavy atom. The second-order valence-electron chi connectivity index (χ2n) is 3.73. The van der Waals surface area contributed by atoms with Crippen LogP contribution >= 0.6 is 15.9 Å². The number of nitrogens with zero attached hydrogens (tertiary/aromatic N) is 3. The van der Waals surface area contributed by atoms with Crippen LogP contribution in [0.25, 0.3) is 11.0 Å². The molecule has 0 bridgehead atoms. The average molecular weight is 298 g/mol. The normalized spacial score (nSPS) is 10.1. The Bertz CT molecular complexity index is 748. The van der Waals surface area contributed by atoms with E-state index in [0.29, 0.717) is 0 Å². The van der Waals surface area contributed by atoms with Gasteiger partial charge in [-0.1, -0.05) is 33.3 Å². The number of aromatic nitrogens is 3. The molecule has 0 atom stereocenters. The van der Waals surface area contributed by atoms with Crippen molar-refractivity contribution in [2.24, 2.45) is 0 Å². The van der Waals surface area contributed by atoms with Gasteiger partial charge in [-0.3, -0.25) is 0 Å². The predicted octanol–water partition coefficient (Wildman–Crippen LogP) is 3.05. The van der Waals surface area contributed by atoms with Crippen molar-refractivity contribution in [2.45, 2.75) is 0 Å². The third kappa shape index (κ3) is 2.13. The molecule has 0 aliphatic carbocycles. The first-order valence-corrected chi connectivity index (χ1v) is 6.20. The van der Waals surface area contributed by atoms with Crippen LogP contribution in [0, 0.1) is 12.0 Å². The number of benzene rings is 2. The molecule has 3 rings (SSSR count). The van der Waals surface area contributed by atoms with Crippen molar-refractivity contribution in [3.63, 3.8) is 0 Å². The van der Waals surface area contributed by atoms with Crippen molar-refractivity contribution in [3.8, 4) is 12.0 Å². The Kier molecular flexibility index (Phi) is 2.83. The summed E-state index contributed by atoms with van der Waals surface area (Å²) in [5.74, 6) is 3.06. The molecule has 0 aliphatic rings. The molecule has 18 heavy (non-hydrogen) atoms. The zero-order valence-corrected chi connectivity index (χ0v) is 10.9. The van der Waals surface area contributed by atoms with Crippen LogP contribution in [0.15, 0.2) is 53.0 Å². The van der Waals surface area contributed by atoms with Crippen molar-refractivity contribution < 1.29 is 0 Å². The smallest absolute Gasteiger partial charge is 0.114 e. The van der Waals surface area contributed by atoms with Crippen LogP contribution in [-0.4, -0.2) is 15.0 Å². The lowest BCUT2D eigenvalue weighted by Gasteiger charge is -1.91. The summed E-state index contributed by atoms with van der Waals surface area (Å²) in [7, 11) is 0. The minimum atomic E-state index is 0.850. The van der Waals surface area contributed by atoms with E-state index in [1.165, 1.54) is 0 Å². The maximum absolute atomic E-state index is 4.05. The van der Waals surface area contributed by atoms with Crippen LogP contribution < -0.4 is 0 Å². The fourth-order valence-corrected chi connectivity index (χ4v) is 1.87. The maximum Gasteiger partial charge on any atom is 0.114 e. The molecular formula is C14H8BrN3. The van der Waals surface area contributed by atoms with Gasteiger partial charge in [-0.05, 0) is 42.3 Å². The van der Waals surface area contributed by atoms with Crippen LogP contribution in [0.2, 0.25) is 0 Å². The molecule has 1 aromatic heterocycles. The largest absolute Gasteiger partial charge is 0.169 e. The molecule has 0 radical (unpaired) electrons. The van der Waals surface area contributed by atoms with Crippen molar-refractivity contribution in [3.05, 3.63) is 58.6 Å². The fraction of sp³-hybridized carbons (Fsp3) is 0. The quantitative estimate of drug-likeness (QED) is 0.597. The van der Waals surface area contributed by atoms with Crippen molar-refractivity contribution in [2.75, 3.05) is 0 Å². The molecule has 4 heteroatoms. The first kappa shape index (κ1) is 11.0. The van der Waals surface area contributed by atoms with Gasteiger partial charge in [0.2, 0.25) is 0 Å². The van der Waals surface area contributed by atoms with E-state index in [4.69, 9.17) is 0 Å². The molecule has 1 heterocycles. The van der Waals surface area contributed by atoms with Gasteiger partial charge in [-0.2, -0.15) is 4.68 Å². The van der Waals surface area contributed by atoms with Crippen LogP contribution in [0.4, 0.5) is 0 Å². The minimum absolute atomic E-state index is 0.850. The van der Waals surface area contributed by atoms with Gasteiger partial charge in [-0.25, -0.2) is 0 Å². The fourth-order valence-electron chi connectivity index (χ4n) is 1.60. The van der Waals surface area contributed by atoms with Crippen molar-refractivity contribution >= 4 is 27.0 Å². The molecule has 0 amide bonds. The monoisotopic (exact) mass is 297 g/mol.